The predicted octanol–water partition coefficient (Wildman–Crippen LogP) is 1.90. The average Bonchev–Trinajstić information content (AvgIpc) is 2.37. The molecule has 4 nitrogen and oxygen atoms in total. The first-order valence-corrected chi connectivity index (χ1v) is 8.50. The molecule has 0 aromatic carbocycles. The molecule has 1 atom stereocenters. The minimum Gasteiger partial charge on any atom is -0.374 e. The van der Waals surface area contributed by atoms with Crippen LogP contribution >= 0.6 is 0 Å². The highest BCUT2D eigenvalue weighted by Crippen LogP contribution is 2.19. The average molecular weight is 297 g/mol. The van der Waals surface area contributed by atoms with Crippen LogP contribution in [0, 0.1) is 0 Å². The van der Waals surface area contributed by atoms with Gasteiger partial charge in [0.05, 0.1) is 12.7 Å². The molecule has 2 saturated heterocycles. The highest BCUT2D eigenvalue weighted by Gasteiger charge is 2.31. The fourth-order valence-electron chi connectivity index (χ4n) is 3.33. The molecule has 0 saturated carbocycles. The van der Waals surface area contributed by atoms with E-state index in [1.54, 1.807) is 0 Å². The van der Waals surface area contributed by atoms with Crippen LogP contribution in [0.1, 0.15) is 41.5 Å². The van der Waals surface area contributed by atoms with Crippen molar-refractivity contribution in [2.75, 3.05) is 52.4 Å². The van der Waals surface area contributed by atoms with Crippen LogP contribution in [0.15, 0.2) is 0 Å². The van der Waals surface area contributed by atoms with Crippen LogP contribution in [0.2, 0.25) is 0 Å². The molecule has 0 aliphatic carbocycles. The molecular formula is C17H35N3O. The molecular weight excluding hydrogens is 262 g/mol. The summed E-state index contributed by atoms with van der Waals surface area (Å²) in [5, 5.41) is 0. The fourth-order valence-corrected chi connectivity index (χ4v) is 3.33. The summed E-state index contributed by atoms with van der Waals surface area (Å²) in [6.45, 7) is 22.7. The maximum absolute atomic E-state index is 6.00. The van der Waals surface area contributed by atoms with Crippen LogP contribution in [-0.4, -0.2) is 84.3 Å². The van der Waals surface area contributed by atoms with E-state index >= 15 is 0 Å². The first-order valence-electron chi connectivity index (χ1n) is 8.50. The number of piperazine rings is 1. The molecule has 4 heteroatoms. The summed E-state index contributed by atoms with van der Waals surface area (Å²) in [5.41, 5.74) is 0.559. The second kappa shape index (κ2) is 6.53. The first kappa shape index (κ1) is 17.2. The molecule has 21 heavy (non-hydrogen) atoms. The second-order valence-electron chi connectivity index (χ2n) is 8.57. The van der Waals surface area contributed by atoms with Crippen molar-refractivity contribution in [3.05, 3.63) is 0 Å². The van der Waals surface area contributed by atoms with Crippen molar-refractivity contribution >= 4 is 0 Å². The normalized spacial score (nSPS) is 28.0. The van der Waals surface area contributed by atoms with Crippen LogP contribution in [0.5, 0.6) is 0 Å². The third-order valence-corrected chi connectivity index (χ3v) is 4.87. The Kier molecular flexibility index (Phi) is 5.35. The summed E-state index contributed by atoms with van der Waals surface area (Å²) >= 11 is 0. The Morgan fingerprint density at radius 1 is 0.810 bits per heavy atom. The lowest BCUT2D eigenvalue weighted by Gasteiger charge is -2.45. The van der Waals surface area contributed by atoms with Crippen LogP contribution in [0.25, 0.3) is 0 Å². The summed E-state index contributed by atoms with van der Waals surface area (Å²) in [6, 6.07) is 0. The van der Waals surface area contributed by atoms with Gasteiger partial charge >= 0.3 is 0 Å². The Hall–Kier alpha value is -0.160. The summed E-state index contributed by atoms with van der Waals surface area (Å²) in [4.78, 5) is 7.73. The van der Waals surface area contributed by atoms with E-state index in [1.807, 2.05) is 0 Å². The minimum atomic E-state index is 0.257. The second-order valence-corrected chi connectivity index (χ2v) is 8.57. The molecule has 2 rings (SSSR count). The van der Waals surface area contributed by atoms with Gasteiger partial charge in [0.15, 0.2) is 0 Å². The third-order valence-electron chi connectivity index (χ3n) is 4.87. The number of hydrogen-bond donors (Lipinski definition) is 0. The molecule has 0 bridgehead atoms. The van der Waals surface area contributed by atoms with Gasteiger partial charge in [-0.25, -0.2) is 0 Å². The van der Waals surface area contributed by atoms with E-state index < -0.39 is 0 Å². The molecule has 2 aliphatic heterocycles. The van der Waals surface area contributed by atoms with E-state index in [0.717, 1.165) is 26.2 Å². The first-order chi connectivity index (χ1) is 9.66. The van der Waals surface area contributed by atoms with Gasteiger partial charge in [-0.3, -0.25) is 14.7 Å². The maximum Gasteiger partial charge on any atom is 0.0829 e. The van der Waals surface area contributed by atoms with E-state index in [4.69, 9.17) is 4.74 Å². The zero-order valence-electron chi connectivity index (χ0n) is 15.0. The molecule has 2 heterocycles. The van der Waals surface area contributed by atoms with E-state index in [-0.39, 0.29) is 5.54 Å². The smallest absolute Gasteiger partial charge is 0.0829 e. The molecule has 124 valence electrons. The van der Waals surface area contributed by atoms with Crippen molar-refractivity contribution in [3.8, 4) is 0 Å². The van der Waals surface area contributed by atoms with Gasteiger partial charge in [-0.2, -0.15) is 0 Å². The van der Waals surface area contributed by atoms with E-state index in [2.05, 4.69) is 56.2 Å². The van der Waals surface area contributed by atoms with Crippen molar-refractivity contribution in [2.24, 2.45) is 0 Å². The fraction of sp³-hybridized carbons (Fsp3) is 1.00. The van der Waals surface area contributed by atoms with Crippen LogP contribution in [0.3, 0.4) is 0 Å². The quantitative estimate of drug-likeness (QED) is 0.775. The van der Waals surface area contributed by atoms with Crippen molar-refractivity contribution in [2.45, 2.75) is 58.7 Å². The molecule has 0 spiro atoms. The Bertz CT molecular complexity index is 324. The van der Waals surface area contributed by atoms with Gasteiger partial charge in [0, 0.05) is 56.9 Å². The Morgan fingerprint density at radius 3 is 1.90 bits per heavy atom. The monoisotopic (exact) mass is 297 g/mol. The number of nitrogens with zero attached hydrogens (tertiary/aromatic N) is 3. The number of rotatable bonds is 2. The van der Waals surface area contributed by atoms with Crippen molar-refractivity contribution < 1.29 is 4.74 Å². The topological polar surface area (TPSA) is 19.0 Å². The molecule has 0 aromatic heterocycles. The van der Waals surface area contributed by atoms with Gasteiger partial charge < -0.3 is 4.74 Å². The van der Waals surface area contributed by atoms with Gasteiger partial charge in [-0.05, 0) is 41.5 Å². The number of morpholine rings is 1. The molecule has 0 amide bonds. The zero-order chi connectivity index (χ0) is 15.7. The van der Waals surface area contributed by atoms with Gasteiger partial charge in [-0.15, -0.1) is 0 Å². The van der Waals surface area contributed by atoms with Gasteiger partial charge in [-0.1, -0.05) is 0 Å². The summed E-state index contributed by atoms with van der Waals surface area (Å²) in [5.74, 6) is 0. The lowest BCUT2D eigenvalue weighted by molar-refractivity contribution is -0.0742. The van der Waals surface area contributed by atoms with Crippen molar-refractivity contribution in [1.29, 1.82) is 0 Å². The molecule has 0 aromatic rings. The maximum atomic E-state index is 6.00. The number of hydrogen-bond acceptors (Lipinski definition) is 4. The highest BCUT2D eigenvalue weighted by atomic mass is 16.5. The van der Waals surface area contributed by atoms with E-state index in [0.29, 0.717) is 11.6 Å². The molecule has 0 radical (unpaired) electrons. The standard InChI is InChI=1S/C17H35N3O/c1-16(2,3)19-9-7-18(8-10-19)13-15-14-20(11-12-21-15)17(4,5)6/h15H,7-14H2,1-6H3/t15-/m0/s1. The van der Waals surface area contributed by atoms with Gasteiger partial charge in [0.2, 0.25) is 0 Å². The summed E-state index contributed by atoms with van der Waals surface area (Å²) < 4.78 is 6.00. The van der Waals surface area contributed by atoms with Crippen molar-refractivity contribution in [1.82, 2.24) is 14.7 Å². The predicted molar refractivity (Wildman–Crippen MR) is 88.8 cm³/mol. The Labute approximate surface area is 131 Å². The van der Waals surface area contributed by atoms with Crippen LogP contribution in [0.4, 0.5) is 0 Å². The van der Waals surface area contributed by atoms with Crippen LogP contribution in [-0.2, 0) is 4.74 Å². The lowest BCUT2D eigenvalue weighted by atomic mass is 10.0. The summed E-state index contributed by atoms with van der Waals surface area (Å²) in [7, 11) is 0. The van der Waals surface area contributed by atoms with Gasteiger partial charge in [0.1, 0.15) is 0 Å². The minimum absolute atomic E-state index is 0.257. The zero-order valence-corrected chi connectivity index (χ0v) is 15.0. The molecule has 0 unspecified atom stereocenters. The molecule has 2 fully saturated rings. The third kappa shape index (κ3) is 4.92. The van der Waals surface area contributed by atoms with Gasteiger partial charge in [0.25, 0.3) is 0 Å². The highest BCUT2D eigenvalue weighted by molar-refractivity contribution is 4.86. The summed E-state index contributed by atoms with van der Waals surface area (Å²) in [6.07, 6.45) is 0.374. The van der Waals surface area contributed by atoms with Crippen LogP contribution < -0.4 is 0 Å². The van der Waals surface area contributed by atoms with E-state index in [9.17, 15) is 0 Å². The molecule has 2 aliphatic rings. The number of ether oxygens (including phenoxy) is 1. The lowest BCUT2D eigenvalue weighted by Crippen LogP contribution is -2.57. The van der Waals surface area contributed by atoms with E-state index in [1.165, 1.54) is 26.2 Å². The SMILES string of the molecule is CC(C)(C)N1CCN(C[C@H]2CN(C(C)(C)C)CCO2)CC1. The Balaban J connectivity index is 1.78. The Morgan fingerprint density at radius 2 is 1.38 bits per heavy atom. The molecule has 0 N–H and O–H groups in total. The largest absolute Gasteiger partial charge is 0.374 e. The van der Waals surface area contributed by atoms with Crippen molar-refractivity contribution in [3.63, 3.8) is 0 Å².